The van der Waals surface area contributed by atoms with Gasteiger partial charge in [0.15, 0.2) is 0 Å². The van der Waals surface area contributed by atoms with Crippen LogP contribution in [0, 0.1) is 11.8 Å². The molecule has 6 heteroatoms. The van der Waals surface area contributed by atoms with Crippen molar-refractivity contribution in [3.8, 4) is 11.3 Å². The number of H-pyrrole nitrogens is 1. The van der Waals surface area contributed by atoms with Gasteiger partial charge in [-0.15, -0.1) is 0 Å². The van der Waals surface area contributed by atoms with Crippen LogP contribution in [0.15, 0.2) is 36.8 Å². The summed E-state index contributed by atoms with van der Waals surface area (Å²) in [7, 11) is 0. The molecule has 0 aromatic carbocycles. The van der Waals surface area contributed by atoms with Gasteiger partial charge in [0.25, 0.3) is 0 Å². The molecule has 2 unspecified atom stereocenters. The van der Waals surface area contributed by atoms with Crippen molar-refractivity contribution in [1.82, 2.24) is 24.6 Å². The van der Waals surface area contributed by atoms with Crippen molar-refractivity contribution >= 4 is 16.9 Å². The topological polar surface area (TPSA) is 66.8 Å². The number of rotatable bonds is 4. The number of fused-ring (bicyclic) bond motifs is 1. The smallest absolute Gasteiger partial charge is 0.225 e. The summed E-state index contributed by atoms with van der Waals surface area (Å²) in [5.41, 5.74) is 4.09. The lowest BCUT2D eigenvalue weighted by Gasteiger charge is -2.29. The first-order valence-electron chi connectivity index (χ1n) is 10.9. The largest absolute Gasteiger partial charge is 0.346 e. The molecule has 0 spiro atoms. The Morgan fingerprint density at radius 1 is 1.21 bits per heavy atom. The molecule has 1 saturated heterocycles. The van der Waals surface area contributed by atoms with Gasteiger partial charge in [-0.2, -0.15) is 5.10 Å². The lowest BCUT2D eigenvalue weighted by molar-refractivity contribution is -0.137. The van der Waals surface area contributed by atoms with Crippen molar-refractivity contribution < 1.29 is 4.79 Å². The van der Waals surface area contributed by atoms with Gasteiger partial charge in [0.1, 0.15) is 0 Å². The third-order valence-electron chi connectivity index (χ3n) is 6.77. The third-order valence-corrected chi connectivity index (χ3v) is 6.77. The molecule has 1 saturated carbocycles. The van der Waals surface area contributed by atoms with E-state index in [1.807, 2.05) is 6.20 Å². The summed E-state index contributed by atoms with van der Waals surface area (Å²) >= 11 is 0. The summed E-state index contributed by atoms with van der Waals surface area (Å²) in [4.78, 5) is 20.0. The van der Waals surface area contributed by atoms with Crippen molar-refractivity contribution in [2.24, 2.45) is 11.8 Å². The van der Waals surface area contributed by atoms with Crippen LogP contribution in [0.3, 0.4) is 0 Å². The molecule has 2 atom stereocenters. The van der Waals surface area contributed by atoms with E-state index < -0.39 is 0 Å². The molecule has 1 amide bonds. The van der Waals surface area contributed by atoms with E-state index in [2.05, 4.69) is 51.0 Å². The minimum atomic E-state index is 0.267. The number of hydrogen-bond donors (Lipinski definition) is 1. The number of carbonyl (C=O) groups is 1. The lowest BCUT2D eigenvalue weighted by Crippen LogP contribution is -2.39. The van der Waals surface area contributed by atoms with Crippen LogP contribution in [-0.4, -0.2) is 43.1 Å². The molecule has 5 rings (SSSR count). The molecule has 1 aliphatic carbocycles. The molecule has 6 nitrogen and oxygen atoms in total. The summed E-state index contributed by atoms with van der Waals surface area (Å²) in [5.74, 6) is 1.17. The SMILES string of the molecule is CC1CC(Cn2ccc3nc(-c4cn[nH]c4)ccc32)CN1C(=O)C1CCCCC1. The highest BCUT2D eigenvalue weighted by Gasteiger charge is 2.36. The van der Waals surface area contributed by atoms with E-state index in [1.54, 1.807) is 6.20 Å². The zero-order valence-corrected chi connectivity index (χ0v) is 17.1. The predicted molar refractivity (Wildman–Crippen MR) is 113 cm³/mol. The highest BCUT2D eigenvalue weighted by atomic mass is 16.2. The van der Waals surface area contributed by atoms with E-state index in [-0.39, 0.29) is 5.92 Å². The van der Waals surface area contributed by atoms with Gasteiger partial charge < -0.3 is 9.47 Å². The van der Waals surface area contributed by atoms with Crippen LogP contribution in [0.2, 0.25) is 0 Å². The van der Waals surface area contributed by atoms with E-state index in [4.69, 9.17) is 4.98 Å². The first-order valence-corrected chi connectivity index (χ1v) is 10.9. The number of likely N-dealkylation sites (tertiary alicyclic amines) is 1. The fourth-order valence-corrected chi connectivity index (χ4v) is 5.23. The number of carbonyl (C=O) groups excluding carboxylic acids is 1. The number of hydrogen-bond acceptors (Lipinski definition) is 3. The molecule has 152 valence electrons. The number of aromatic nitrogens is 4. The van der Waals surface area contributed by atoms with Gasteiger partial charge in [-0.25, -0.2) is 4.98 Å². The fourth-order valence-electron chi connectivity index (χ4n) is 5.23. The quantitative estimate of drug-likeness (QED) is 0.723. The Morgan fingerprint density at radius 2 is 2.07 bits per heavy atom. The Morgan fingerprint density at radius 3 is 2.86 bits per heavy atom. The Bertz CT molecular complexity index is 986. The first-order chi connectivity index (χ1) is 14.2. The van der Waals surface area contributed by atoms with Gasteiger partial charge in [-0.3, -0.25) is 9.89 Å². The van der Waals surface area contributed by atoms with Gasteiger partial charge in [0.2, 0.25) is 5.91 Å². The van der Waals surface area contributed by atoms with Crippen molar-refractivity contribution in [3.63, 3.8) is 0 Å². The number of pyridine rings is 1. The van der Waals surface area contributed by atoms with Crippen molar-refractivity contribution in [3.05, 3.63) is 36.8 Å². The number of nitrogens with zero attached hydrogens (tertiary/aromatic N) is 4. The van der Waals surface area contributed by atoms with Crippen molar-refractivity contribution in [1.29, 1.82) is 0 Å². The van der Waals surface area contributed by atoms with E-state index in [9.17, 15) is 4.79 Å². The molecule has 0 radical (unpaired) electrons. The van der Waals surface area contributed by atoms with E-state index in [0.29, 0.717) is 17.9 Å². The Labute approximate surface area is 171 Å². The molecular formula is C23H29N5O. The van der Waals surface area contributed by atoms with Crippen LogP contribution in [0.4, 0.5) is 0 Å². The second-order valence-corrected chi connectivity index (χ2v) is 8.83. The molecule has 1 N–H and O–H groups in total. The predicted octanol–water partition coefficient (Wildman–Crippen LogP) is 4.24. The molecule has 2 fully saturated rings. The molecule has 4 heterocycles. The number of aromatic amines is 1. The number of nitrogens with one attached hydrogen (secondary N) is 1. The van der Waals surface area contributed by atoms with Crippen molar-refractivity contribution in [2.75, 3.05) is 6.54 Å². The van der Waals surface area contributed by atoms with E-state index in [0.717, 1.165) is 54.6 Å². The highest BCUT2D eigenvalue weighted by Crippen LogP contribution is 2.32. The molecule has 0 bridgehead atoms. The first kappa shape index (κ1) is 18.4. The molecule has 2 aliphatic rings. The van der Waals surface area contributed by atoms with Crippen LogP contribution in [0.25, 0.3) is 22.3 Å². The van der Waals surface area contributed by atoms with Gasteiger partial charge in [-0.1, -0.05) is 19.3 Å². The average Bonchev–Trinajstić information content (AvgIpc) is 3.49. The summed E-state index contributed by atoms with van der Waals surface area (Å²) in [6.45, 7) is 4.04. The third kappa shape index (κ3) is 3.56. The van der Waals surface area contributed by atoms with Crippen LogP contribution in [0.5, 0.6) is 0 Å². The van der Waals surface area contributed by atoms with Crippen LogP contribution >= 0.6 is 0 Å². The summed E-state index contributed by atoms with van der Waals surface area (Å²) < 4.78 is 2.30. The lowest BCUT2D eigenvalue weighted by atomic mass is 9.88. The van der Waals surface area contributed by atoms with E-state index in [1.165, 1.54) is 19.3 Å². The standard InChI is InChI=1S/C23H29N5O/c1-16-11-17(15-28(16)23(29)18-5-3-2-4-6-18)14-27-10-9-21-22(27)8-7-20(26-21)19-12-24-25-13-19/h7-10,12-13,16-18H,2-6,11,14-15H2,1H3,(H,24,25). The maximum atomic E-state index is 13.0. The van der Waals surface area contributed by atoms with Crippen LogP contribution in [0.1, 0.15) is 45.4 Å². The second-order valence-electron chi connectivity index (χ2n) is 8.83. The van der Waals surface area contributed by atoms with Crippen LogP contribution < -0.4 is 0 Å². The zero-order chi connectivity index (χ0) is 19.8. The normalized spacial score (nSPS) is 23.1. The van der Waals surface area contributed by atoms with Crippen LogP contribution in [-0.2, 0) is 11.3 Å². The zero-order valence-electron chi connectivity index (χ0n) is 17.1. The van der Waals surface area contributed by atoms with Gasteiger partial charge in [0, 0.05) is 43.0 Å². The molecule has 1 aliphatic heterocycles. The maximum Gasteiger partial charge on any atom is 0.225 e. The van der Waals surface area contributed by atoms with Gasteiger partial charge in [0.05, 0.1) is 22.9 Å². The minimum Gasteiger partial charge on any atom is -0.346 e. The van der Waals surface area contributed by atoms with Crippen molar-refractivity contribution in [2.45, 2.75) is 58.0 Å². The molecular weight excluding hydrogens is 362 g/mol. The number of amides is 1. The fraction of sp³-hybridized carbons (Fsp3) is 0.522. The Balaban J connectivity index is 1.29. The summed E-state index contributed by atoms with van der Waals surface area (Å²) in [6, 6.07) is 6.64. The monoisotopic (exact) mass is 391 g/mol. The minimum absolute atomic E-state index is 0.267. The summed E-state index contributed by atoms with van der Waals surface area (Å²) in [5, 5.41) is 6.86. The Kier molecular flexibility index (Phi) is 4.86. The maximum absolute atomic E-state index is 13.0. The van der Waals surface area contributed by atoms with Gasteiger partial charge >= 0.3 is 0 Å². The Hall–Kier alpha value is -2.63. The van der Waals surface area contributed by atoms with Gasteiger partial charge in [-0.05, 0) is 50.3 Å². The molecule has 3 aromatic rings. The average molecular weight is 392 g/mol. The molecule has 29 heavy (non-hydrogen) atoms. The van der Waals surface area contributed by atoms with E-state index >= 15 is 0 Å². The highest BCUT2D eigenvalue weighted by molar-refractivity contribution is 5.80. The summed E-state index contributed by atoms with van der Waals surface area (Å²) in [6.07, 6.45) is 12.8. The molecule has 3 aromatic heterocycles. The second kappa shape index (κ2) is 7.65.